The lowest BCUT2D eigenvalue weighted by Crippen LogP contribution is -2.17. The van der Waals surface area contributed by atoms with Crippen LogP contribution >= 0.6 is 0 Å². The summed E-state index contributed by atoms with van der Waals surface area (Å²) in [5.74, 6) is -2.13. The fraction of sp³-hybridized carbons (Fsp3) is 0.214. The molecule has 0 bridgehead atoms. The first-order valence-electron chi connectivity index (χ1n) is 6.28. The van der Waals surface area contributed by atoms with E-state index in [4.69, 9.17) is 5.11 Å². The minimum atomic E-state index is -0.909. The Labute approximate surface area is 115 Å². The number of amides is 1. The molecule has 1 aromatic carbocycles. The van der Waals surface area contributed by atoms with Gasteiger partial charge in [0, 0.05) is 12.4 Å². The number of hydrogen-bond acceptors (Lipinski definition) is 3. The molecule has 2 unspecified atom stereocenters. The molecule has 1 aromatic heterocycles. The van der Waals surface area contributed by atoms with Gasteiger partial charge in [0.05, 0.1) is 29.5 Å². The molecule has 1 fully saturated rings. The third-order valence-corrected chi connectivity index (χ3v) is 3.39. The number of carbonyl (C=O) groups is 2. The van der Waals surface area contributed by atoms with Crippen LogP contribution in [-0.4, -0.2) is 26.5 Å². The number of aliphatic carboxylic acids is 1. The molecular weight excluding hydrogens is 258 g/mol. The van der Waals surface area contributed by atoms with Crippen molar-refractivity contribution in [2.75, 3.05) is 5.32 Å². The summed E-state index contributed by atoms with van der Waals surface area (Å²) < 4.78 is 1.79. The number of benzene rings is 1. The first-order chi connectivity index (χ1) is 9.66. The summed E-state index contributed by atoms with van der Waals surface area (Å²) in [5.41, 5.74) is 1.44. The molecule has 1 aliphatic carbocycles. The van der Waals surface area contributed by atoms with Crippen LogP contribution in [0.15, 0.2) is 43.0 Å². The quantitative estimate of drug-likeness (QED) is 0.883. The van der Waals surface area contributed by atoms with E-state index >= 15 is 0 Å². The van der Waals surface area contributed by atoms with Gasteiger partial charge in [-0.15, -0.1) is 0 Å². The van der Waals surface area contributed by atoms with Crippen LogP contribution in [0.4, 0.5) is 5.69 Å². The fourth-order valence-electron chi connectivity index (χ4n) is 2.19. The number of aromatic nitrogens is 2. The normalized spacial score (nSPS) is 20.4. The second kappa shape index (κ2) is 4.80. The lowest BCUT2D eigenvalue weighted by Gasteiger charge is -2.11. The molecule has 0 radical (unpaired) electrons. The summed E-state index contributed by atoms with van der Waals surface area (Å²) in [6.45, 7) is 0. The number of para-hydroxylation sites is 2. The van der Waals surface area contributed by atoms with E-state index in [0.29, 0.717) is 12.1 Å². The Morgan fingerprint density at radius 3 is 2.75 bits per heavy atom. The molecule has 2 atom stereocenters. The average Bonchev–Trinajstić information content (AvgIpc) is 3.08. The van der Waals surface area contributed by atoms with Crippen molar-refractivity contribution >= 4 is 17.6 Å². The molecule has 0 saturated heterocycles. The number of imidazole rings is 1. The van der Waals surface area contributed by atoms with E-state index in [-0.39, 0.29) is 5.91 Å². The summed E-state index contributed by atoms with van der Waals surface area (Å²) in [6, 6.07) is 7.32. The monoisotopic (exact) mass is 271 g/mol. The third-order valence-electron chi connectivity index (χ3n) is 3.39. The Hall–Kier alpha value is -2.63. The maximum Gasteiger partial charge on any atom is 0.307 e. The zero-order chi connectivity index (χ0) is 14.1. The standard InChI is InChI=1S/C14H13N3O3/c18-13(9-7-10(9)14(19)20)16-11-3-1-2-4-12(11)17-6-5-15-8-17/h1-6,8-10H,7H2,(H,16,18)(H,19,20). The molecule has 1 aliphatic rings. The molecule has 1 saturated carbocycles. The number of anilines is 1. The molecule has 1 amide bonds. The molecule has 6 nitrogen and oxygen atoms in total. The predicted octanol–water partition coefficient (Wildman–Crippen LogP) is 1.53. The number of nitrogens with zero attached hydrogens (tertiary/aromatic N) is 2. The van der Waals surface area contributed by atoms with E-state index in [1.165, 1.54) is 0 Å². The predicted molar refractivity (Wildman–Crippen MR) is 71.4 cm³/mol. The maximum atomic E-state index is 12.0. The fourth-order valence-corrected chi connectivity index (χ4v) is 2.19. The van der Waals surface area contributed by atoms with Crippen molar-refractivity contribution in [2.24, 2.45) is 11.8 Å². The van der Waals surface area contributed by atoms with E-state index in [9.17, 15) is 9.59 Å². The van der Waals surface area contributed by atoms with E-state index in [1.54, 1.807) is 29.4 Å². The highest BCUT2D eigenvalue weighted by molar-refractivity contribution is 5.99. The second-order valence-corrected chi connectivity index (χ2v) is 4.76. The second-order valence-electron chi connectivity index (χ2n) is 4.76. The highest BCUT2D eigenvalue weighted by Gasteiger charge is 2.48. The topological polar surface area (TPSA) is 84.2 Å². The Kier molecular flexibility index (Phi) is 2.98. The van der Waals surface area contributed by atoms with Gasteiger partial charge in [-0.3, -0.25) is 9.59 Å². The zero-order valence-electron chi connectivity index (χ0n) is 10.6. The van der Waals surface area contributed by atoms with Crippen molar-refractivity contribution in [3.8, 4) is 5.69 Å². The Bertz CT molecular complexity index is 651. The SMILES string of the molecule is O=C(O)C1CC1C(=O)Nc1ccccc1-n1ccnc1. The van der Waals surface area contributed by atoms with Gasteiger partial charge < -0.3 is 15.0 Å². The van der Waals surface area contributed by atoms with Gasteiger partial charge in [0.2, 0.25) is 5.91 Å². The van der Waals surface area contributed by atoms with Crippen LogP contribution in [0, 0.1) is 11.8 Å². The summed E-state index contributed by atoms with van der Waals surface area (Å²) in [6.07, 6.45) is 5.48. The van der Waals surface area contributed by atoms with Crippen molar-refractivity contribution in [3.63, 3.8) is 0 Å². The van der Waals surface area contributed by atoms with E-state index in [2.05, 4.69) is 10.3 Å². The van der Waals surface area contributed by atoms with Crippen LogP contribution in [0.5, 0.6) is 0 Å². The van der Waals surface area contributed by atoms with Gasteiger partial charge in [-0.05, 0) is 18.6 Å². The molecule has 2 aromatic rings. The number of carbonyl (C=O) groups excluding carboxylic acids is 1. The van der Waals surface area contributed by atoms with Crippen molar-refractivity contribution in [1.82, 2.24) is 9.55 Å². The van der Waals surface area contributed by atoms with Crippen molar-refractivity contribution < 1.29 is 14.7 Å². The van der Waals surface area contributed by atoms with Gasteiger partial charge in [0.1, 0.15) is 0 Å². The minimum absolute atomic E-state index is 0.245. The lowest BCUT2D eigenvalue weighted by molar-refractivity contribution is -0.139. The average molecular weight is 271 g/mol. The van der Waals surface area contributed by atoms with Crippen molar-refractivity contribution in [3.05, 3.63) is 43.0 Å². The molecule has 6 heteroatoms. The van der Waals surface area contributed by atoms with Crippen molar-refractivity contribution in [1.29, 1.82) is 0 Å². The van der Waals surface area contributed by atoms with Gasteiger partial charge in [0.25, 0.3) is 0 Å². The molecule has 2 N–H and O–H groups in total. The van der Waals surface area contributed by atoms with Crippen molar-refractivity contribution in [2.45, 2.75) is 6.42 Å². The molecular formula is C14H13N3O3. The number of carboxylic acids is 1. The van der Waals surface area contributed by atoms with Crippen LogP contribution in [0.3, 0.4) is 0 Å². The third kappa shape index (κ3) is 2.27. The molecule has 3 rings (SSSR count). The number of rotatable bonds is 4. The highest BCUT2D eigenvalue weighted by Crippen LogP contribution is 2.39. The Morgan fingerprint density at radius 2 is 2.10 bits per heavy atom. The van der Waals surface area contributed by atoms with Gasteiger partial charge in [-0.1, -0.05) is 12.1 Å². The molecule has 1 heterocycles. The van der Waals surface area contributed by atoms with Crippen LogP contribution in [0.2, 0.25) is 0 Å². The van der Waals surface area contributed by atoms with Crippen LogP contribution in [-0.2, 0) is 9.59 Å². The number of nitrogens with one attached hydrogen (secondary N) is 1. The summed E-state index contributed by atoms with van der Waals surface area (Å²) >= 11 is 0. The summed E-state index contributed by atoms with van der Waals surface area (Å²) in [5, 5.41) is 11.6. The number of hydrogen-bond donors (Lipinski definition) is 2. The lowest BCUT2D eigenvalue weighted by atomic mass is 10.2. The molecule has 20 heavy (non-hydrogen) atoms. The highest BCUT2D eigenvalue weighted by atomic mass is 16.4. The largest absolute Gasteiger partial charge is 0.481 e. The Morgan fingerprint density at radius 1 is 1.30 bits per heavy atom. The van der Waals surface area contributed by atoms with Gasteiger partial charge in [-0.2, -0.15) is 0 Å². The van der Waals surface area contributed by atoms with E-state index in [0.717, 1.165) is 5.69 Å². The first-order valence-corrected chi connectivity index (χ1v) is 6.28. The van der Waals surface area contributed by atoms with E-state index in [1.807, 2.05) is 18.2 Å². The first kappa shape index (κ1) is 12.4. The van der Waals surface area contributed by atoms with Gasteiger partial charge >= 0.3 is 5.97 Å². The van der Waals surface area contributed by atoms with Crippen LogP contribution < -0.4 is 5.32 Å². The molecule has 0 aliphatic heterocycles. The minimum Gasteiger partial charge on any atom is -0.481 e. The van der Waals surface area contributed by atoms with Gasteiger partial charge in [-0.25, -0.2) is 4.98 Å². The summed E-state index contributed by atoms with van der Waals surface area (Å²) in [4.78, 5) is 26.8. The molecule has 0 spiro atoms. The van der Waals surface area contributed by atoms with Crippen LogP contribution in [0.1, 0.15) is 6.42 Å². The van der Waals surface area contributed by atoms with Crippen LogP contribution in [0.25, 0.3) is 5.69 Å². The maximum absolute atomic E-state index is 12.0. The van der Waals surface area contributed by atoms with Gasteiger partial charge in [0.15, 0.2) is 0 Å². The summed E-state index contributed by atoms with van der Waals surface area (Å²) in [7, 11) is 0. The smallest absolute Gasteiger partial charge is 0.307 e. The Balaban J connectivity index is 1.79. The molecule has 102 valence electrons. The zero-order valence-corrected chi connectivity index (χ0v) is 10.6. The van der Waals surface area contributed by atoms with E-state index < -0.39 is 17.8 Å². The number of carboxylic acid groups (broad SMARTS) is 1.